The van der Waals surface area contributed by atoms with Gasteiger partial charge in [0, 0.05) is 18.7 Å². The van der Waals surface area contributed by atoms with Crippen LogP contribution in [0.25, 0.3) is 0 Å². The Hall–Kier alpha value is -2.37. The number of carbonyl (C=O) groups excluding carboxylic acids is 1. The van der Waals surface area contributed by atoms with Gasteiger partial charge in [0.1, 0.15) is 5.82 Å². The highest BCUT2D eigenvalue weighted by molar-refractivity contribution is 5.96. The van der Waals surface area contributed by atoms with E-state index < -0.39 is 5.82 Å². The number of hydrogen-bond donors (Lipinski definition) is 1. The first-order chi connectivity index (χ1) is 9.51. The van der Waals surface area contributed by atoms with Crippen LogP contribution in [-0.4, -0.2) is 30.4 Å². The van der Waals surface area contributed by atoms with Gasteiger partial charge in [-0.3, -0.25) is 4.79 Å². The predicted molar refractivity (Wildman–Crippen MR) is 74.1 cm³/mol. The molecule has 0 saturated carbocycles. The van der Waals surface area contributed by atoms with Crippen molar-refractivity contribution >= 4 is 5.91 Å². The highest BCUT2D eigenvalue weighted by Gasteiger charge is 2.19. The third kappa shape index (κ3) is 3.81. The third-order valence-corrected chi connectivity index (χ3v) is 2.91. The first-order valence-electron chi connectivity index (χ1n) is 6.13. The van der Waals surface area contributed by atoms with E-state index >= 15 is 0 Å². The second-order valence-corrected chi connectivity index (χ2v) is 4.32. The van der Waals surface area contributed by atoms with Gasteiger partial charge in [0.15, 0.2) is 0 Å². The van der Waals surface area contributed by atoms with E-state index in [1.54, 1.807) is 14.0 Å². The fourth-order valence-corrected chi connectivity index (χ4v) is 1.61. The van der Waals surface area contributed by atoms with Crippen molar-refractivity contribution in [1.29, 1.82) is 5.26 Å². The number of nitriles is 1. The van der Waals surface area contributed by atoms with Crippen LogP contribution in [0.2, 0.25) is 0 Å². The molecule has 0 heterocycles. The number of carbonyl (C=O) groups is 1. The summed E-state index contributed by atoms with van der Waals surface area (Å²) in [6.45, 7) is 1.90. The van der Waals surface area contributed by atoms with E-state index in [1.165, 1.54) is 23.1 Å². The van der Waals surface area contributed by atoms with Crippen molar-refractivity contribution in [2.45, 2.75) is 19.4 Å². The minimum Gasteiger partial charge on any atom is -0.338 e. The molecule has 0 aromatic heterocycles. The number of amides is 1. The molecule has 1 atom stereocenters. The van der Waals surface area contributed by atoms with Crippen molar-refractivity contribution in [3.8, 4) is 17.9 Å². The van der Waals surface area contributed by atoms with Crippen LogP contribution in [0.3, 0.4) is 0 Å². The Balaban J connectivity index is 3.12. The Morgan fingerprint density at radius 3 is 2.85 bits per heavy atom. The number of benzene rings is 1. The summed E-state index contributed by atoms with van der Waals surface area (Å²) in [5.74, 6) is 4.54. The molecule has 20 heavy (non-hydrogen) atoms. The van der Waals surface area contributed by atoms with Crippen LogP contribution in [0, 0.1) is 29.0 Å². The van der Waals surface area contributed by atoms with Crippen LogP contribution in [0.5, 0.6) is 0 Å². The van der Waals surface area contributed by atoms with Gasteiger partial charge in [-0.05, 0) is 25.1 Å². The van der Waals surface area contributed by atoms with Gasteiger partial charge in [-0.1, -0.05) is 11.8 Å². The lowest BCUT2D eigenvalue weighted by atomic mass is 10.1. The van der Waals surface area contributed by atoms with Gasteiger partial charge in [-0.25, -0.2) is 4.39 Å². The SMILES string of the molecule is CC(CC#N)N(C)C(=O)c1ccc(F)cc1C#CCN. The summed E-state index contributed by atoms with van der Waals surface area (Å²) in [5, 5.41) is 8.67. The fraction of sp³-hybridized carbons (Fsp3) is 0.333. The van der Waals surface area contributed by atoms with Gasteiger partial charge in [-0.2, -0.15) is 5.26 Å². The van der Waals surface area contributed by atoms with Gasteiger partial charge in [0.2, 0.25) is 0 Å². The third-order valence-electron chi connectivity index (χ3n) is 2.91. The summed E-state index contributed by atoms with van der Waals surface area (Å²) in [7, 11) is 1.60. The smallest absolute Gasteiger partial charge is 0.255 e. The Labute approximate surface area is 118 Å². The van der Waals surface area contributed by atoms with E-state index in [2.05, 4.69) is 11.8 Å². The van der Waals surface area contributed by atoms with Crippen LogP contribution in [0.1, 0.15) is 29.3 Å². The standard InChI is InChI=1S/C15H16FN3O/c1-11(7-9-18)19(2)15(20)14-6-5-13(16)10-12(14)4-3-8-17/h5-6,10-11H,7-8,17H2,1-2H3. The van der Waals surface area contributed by atoms with E-state index in [0.717, 1.165) is 0 Å². The normalized spacial score (nSPS) is 10.9. The highest BCUT2D eigenvalue weighted by atomic mass is 19.1. The molecule has 1 unspecified atom stereocenters. The molecule has 1 aromatic rings. The molecule has 0 saturated heterocycles. The van der Waals surface area contributed by atoms with Crippen molar-refractivity contribution in [1.82, 2.24) is 4.90 Å². The zero-order valence-corrected chi connectivity index (χ0v) is 11.5. The molecule has 1 aromatic carbocycles. The molecule has 4 nitrogen and oxygen atoms in total. The molecular weight excluding hydrogens is 257 g/mol. The molecule has 1 amide bonds. The number of nitrogens with two attached hydrogens (primary N) is 1. The van der Waals surface area contributed by atoms with Gasteiger partial charge < -0.3 is 10.6 Å². The molecule has 2 N–H and O–H groups in total. The summed E-state index contributed by atoms with van der Waals surface area (Å²) in [6, 6.07) is 5.60. The summed E-state index contributed by atoms with van der Waals surface area (Å²) in [6.07, 6.45) is 0.229. The first-order valence-corrected chi connectivity index (χ1v) is 6.13. The van der Waals surface area contributed by atoms with Crippen LogP contribution in [0.15, 0.2) is 18.2 Å². The summed E-state index contributed by atoms with van der Waals surface area (Å²) >= 11 is 0. The Bertz CT molecular complexity index is 595. The number of hydrogen-bond acceptors (Lipinski definition) is 3. The lowest BCUT2D eigenvalue weighted by Crippen LogP contribution is -2.35. The Morgan fingerprint density at radius 1 is 1.55 bits per heavy atom. The summed E-state index contributed by atoms with van der Waals surface area (Å²) < 4.78 is 13.3. The van der Waals surface area contributed by atoms with E-state index in [0.29, 0.717) is 11.1 Å². The predicted octanol–water partition coefficient (Wildman–Crippen LogP) is 1.51. The minimum absolute atomic E-state index is 0.130. The number of rotatable bonds is 3. The molecule has 0 aliphatic carbocycles. The second-order valence-electron chi connectivity index (χ2n) is 4.32. The zero-order valence-electron chi connectivity index (χ0n) is 11.5. The molecule has 0 spiro atoms. The maximum absolute atomic E-state index is 13.3. The lowest BCUT2D eigenvalue weighted by molar-refractivity contribution is 0.0746. The first kappa shape index (κ1) is 15.7. The van der Waals surface area contributed by atoms with Crippen molar-refractivity contribution < 1.29 is 9.18 Å². The lowest BCUT2D eigenvalue weighted by Gasteiger charge is -2.23. The molecule has 104 valence electrons. The molecular formula is C15H16FN3O. The summed E-state index contributed by atoms with van der Waals surface area (Å²) in [4.78, 5) is 13.8. The Kier molecular flexibility index (Phi) is 5.71. The minimum atomic E-state index is -0.462. The van der Waals surface area contributed by atoms with Crippen LogP contribution in [0.4, 0.5) is 4.39 Å². The van der Waals surface area contributed by atoms with Crippen molar-refractivity contribution in [3.63, 3.8) is 0 Å². The van der Waals surface area contributed by atoms with Crippen LogP contribution >= 0.6 is 0 Å². The number of halogens is 1. The second kappa shape index (κ2) is 7.28. The fourth-order valence-electron chi connectivity index (χ4n) is 1.61. The van der Waals surface area contributed by atoms with E-state index in [1.807, 2.05) is 6.07 Å². The molecule has 5 heteroatoms. The average molecular weight is 273 g/mol. The highest BCUT2D eigenvalue weighted by Crippen LogP contribution is 2.14. The molecule has 1 rings (SSSR count). The maximum atomic E-state index is 13.3. The van der Waals surface area contributed by atoms with E-state index in [-0.39, 0.29) is 24.9 Å². The monoisotopic (exact) mass is 273 g/mol. The largest absolute Gasteiger partial charge is 0.338 e. The van der Waals surface area contributed by atoms with Crippen molar-refractivity contribution in [2.75, 3.05) is 13.6 Å². The van der Waals surface area contributed by atoms with E-state index in [4.69, 9.17) is 11.0 Å². The average Bonchev–Trinajstić information content (AvgIpc) is 2.44. The molecule has 0 aliphatic heterocycles. The summed E-state index contributed by atoms with van der Waals surface area (Å²) in [5.41, 5.74) is 5.90. The van der Waals surface area contributed by atoms with Crippen molar-refractivity contribution in [2.24, 2.45) is 5.73 Å². The topological polar surface area (TPSA) is 70.1 Å². The van der Waals surface area contributed by atoms with Gasteiger partial charge in [0.05, 0.1) is 24.6 Å². The van der Waals surface area contributed by atoms with Crippen LogP contribution in [-0.2, 0) is 0 Å². The van der Waals surface area contributed by atoms with Crippen LogP contribution < -0.4 is 5.73 Å². The maximum Gasteiger partial charge on any atom is 0.255 e. The molecule has 0 fully saturated rings. The van der Waals surface area contributed by atoms with E-state index in [9.17, 15) is 9.18 Å². The number of nitrogens with zero attached hydrogens (tertiary/aromatic N) is 2. The van der Waals surface area contributed by atoms with Crippen molar-refractivity contribution in [3.05, 3.63) is 35.1 Å². The van der Waals surface area contributed by atoms with Gasteiger partial charge >= 0.3 is 0 Å². The molecule has 0 aliphatic rings. The van der Waals surface area contributed by atoms with Gasteiger partial charge in [0.25, 0.3) is 5.91 Å². The molecule has 0 bridgehead atoms. The quantitative estimate of drug-likeness (QED) is 0.849. The zero-order chi connectivity index (χ0) is 15.1. The van der Waals surface area contributed by atoms with Gasteiger partial charge in [-0.15, -0.1) is 0 Å². The Morgan fingerprint density at radius 2 is 2.25 bits per heavy atom. The molecule has 0 radical (unpaired) electrons.